The predicted octanol–water partition coefficient (Wildman–Crippen LogP) is 5.51. The molecule has 10 heteroatoms. The van der Waals surface area contributed by atoms with Crippen molar-refractivity contribution >= 4 is 29.6 Å². The van der Waals surface area contributed by atoms with E-state index in [1.54, 1.807) is 12.1 Å². The number of anilines is 1. The first-order chi connectivity index (χ1) is 17.0. The molecule has 3 aromatic rings. The second-order valence-corrected chi connectivity index (χ2v) is 8.84. The molecular formula is C25H29FN6O3. The fourth-order valence-electron chi connectivity index (χ4n) is 4.17. The van der Waals surface area contributed by atoms with Gasteiger partial charge in [0.2, 0.25) is 0 Å². The molecule has 2 aliphatic rings. The molecule has 1 aliphatic carbocycles. The van der Waals surface area contributed by atoms with Crippen LogP contribution in [-0.2, 0) is 9.53 Å². The summed E-state index contributed by atoms with van der Waals surface area (Å²) in [4.78, 5) is 16.6. The number of hydrogen-bond acceptors (Lipinski definition) is 8. The maximum atomic E-state index is 14.6. The minimum absolute atomic E-state index is 0.262. The lowest BCUT2D eigenvalue weighted by Crippen LogP contribution is -2.29. The van der Waals surface area contributed by atoms with Crippen molar-refractivity contribution in [1.82, 2.24) is 9.88 Å². The highest BCUT2D eigenvalue weighted by Crippen LogP contribution is 2.33. The van der Waals surface area contributed by atoms with E-state index in [0.29, 0.717) is 34.8 Å². The van der Waals surface area contributed by atoms with Crippen LogP contribution >= 0.6 is 0 Å². The summed E-state index contributed by atoms with van der Waals surface area (Å²) in [5.74, 6) is 0.630. The van der Waals surface area contributed by atoms with Crippen LogP contribution in [0.1, 0.15) is 43.9 Å². The molecular weight excluding hydrogens is 451 g/mol. The van der Waals surface area contributed by atoms with Crippen molar-refractivity contribution in [3.63, 3.8) is 0 Å². The highest BCUT2D eigenvalue weighted by molar-refractivity contribution is 5.82. The van der Waals surface area contributed by atoms with Gasteiger partial charge in [-0.1, -0.05) is 11.3 Å². The monoisotopic (exact) mass is 480 g/mol. The van der Waals surface area contributed by atoms with Crippen LogP contribution in [0.15, 0.2) is 46.0 Å². The van der Waals surface area contributed by atoms with Crippen LogP contribution < -0.4 is 5.01 Å². The number of hydrogen-bond donors (Lipinski definition) is 2. The van der Waals surface area contributed by atoms with Crippen molar-refractivity contribution < 1.29 is 18.3 Å². The quantitative estimate of drug-likeness (QED) is 0.151. The third kappa shape index (κ3) is 5.71. The summed E-state index contributed by atoms with van der Waals surface area (Å²) in [6.07, 6.45) is 6.52. The summed E-state index contributed by atoms with van der Waals surface area (Å²) in [5.41, 5.74) is 9.89. The number of carbonyl (C=O) groups is 1. The largest absolute Gasteiger partial charge is 0.465 e. The molecule has 0 amide bonds. The number of nitrogens with one attached hydrogen (secondary N) is 2. The average molecular weight is 481 g/mol. The van der Waals surface area contributed by atoms with Gasteiger partial charge in [-0.2, -0.15) is 5.53 Å². The second-order valence-electron chi connectivity index (χ2n) is 8.84. The lowest BCUT2D eigenvalue weighted by Gasteiger charge is -2.26. The molecule has 2 heterocycles. The van der Waals surface area contributed by atoms with Gasteiger partial charge in [0.25, 0.3) is 6.47 Å². The number of piperidine rings is 1. The standard InChI is InChI=1S/C20H21FN6O.C5H8O2/c1-26-8-6-13(7-9-26)20-24-18-10-14(2-5-19(18)28-20)16-4-3-15(11-17(16)21)27(12-22)25-23;6-4-7-5-2-1-3-5/h2-5,10-13,22-23H,6-9H2,1H3;4-5H,1-3H2. The van der Waals surface area contributed by atoms with E-state index in [2.05, 4.69) is 26.9 Å². The molecule has 2 fully saturated rings. The molecule has 0 atom stereocenters. The van der Waals surface area contributed by atoms with Crippen molar-refractivity contribution in [2.75, 3.05) is 25.1 Å². The Morgan fingerprint density at radius 1 is 1.20 bits per heavy atom. The van der Waals surface area contributed by atoms with E-state index in [1.165, 1.54) is 12.5 Å². The number of oxazole rings is 1. The van der Waals surface area contributed by atoms with E-state index in [0.717, 1.165) is 61.5 Å². The number of carbonyl (C=O) groups excluding carboxylic acids is 1. The molecule has 5 rings (SSSR count). The fraction of sp³-hybridized carbons (Fsp3) is 0.400. The van der Waals surface area contributed by atoms with Gasteiger partial charge in [-0.05, 0) is 82.1 Å². The van der Waals surface area contributed by atoms with Gasteiger partial charge < -0.3 is 14.1 Å². The molecule has 1 saturated carbocycles. The van der Waals surface area contributed by atoms with E-state index in [9.17, 15) is 9.18 Å². The van der Waals surface area contributed by atoms with E-state index in [4.69, 9.17) is 15.4 Å². The third-order valence-corrected chi connectivity index (χ3v) is 6.53. The molecule has 1 saturated heterocycles. The highest BCUT2D eigenvalue weighted by Gasteiger charge is 2.23. The first-order valence-corrected chi connectivity index (χ1v) is 11.7. The maximum absolute atomic E-state index is 14.6. The molecule has 0 bridgehead atoms. The topological polar surface area (TPSA) is 119 Å². The Balaban J connectivity index is 0.000000356. The zero-order valence-corrected chi connectivity index (χ0v) is 19.6. The number of benzene rings is 2. The van der Waals surface area contributed by atoms with Gasteiger partial charge in [0.05, 0.1) is 5.69 Å². The number of fused-ring (bicyclic) bond motifs is 1. The Hall–Kier alpha value is -3.66. The Kier molecular flexibility index (Phi) is 7.81. The SMILES string of the molecule is CN1CCC(c2nc3cc(-c4ccc(N(C=N)N=N)cc4F)ccc3o2)CC1.O=COC1CCC1. The molecule has 0 unspecified atom stereocenters. The lowest BCUT2D eigenvalue weighted by molar-refractivity contribution is -0.137. The van der Waals surface area contributed by atoms with Gasteiger partial charge in [0, 0.05) is 17.5 Å². The van der Waals surface area contributed by atoms with E-state index < -0.39 is 5.82 Å². The fourth-order valence-corrected chi connectivity index (χ4v) is 4.17. The molecule has 0 radical (unpaired) electrons. The van der Waals surface area contributed by atoms with Crippen LogP contribution in [-0.4, -0.2) is 48.9 Å². The molecule has 0 spiro atoms. The number of nitrogens with zero attached hydrogens (tertiary/aromatic N) is 4. The molecule has 184 valence electrons. The Bertz CT molecular complexity index is 1180. The van der Waals surface area contributed by atoms with E-state index in [-0.39, 0.29) is 6.10 Å². The van der Waals surface area contributed by atoms with Gasteiger partial charge >= 0.3 is 0 Å². The Morgan fingerprint density at radius 3 is 2.54 bits per heavy atom. The van der Waals surface area contributed by atoms with Crippen molar-refractivity contribution in [2.45, 2.75) is 44.1 Å². The lowest BCUT2D eigenvalue weighted by atomic mass is 9.96. The Labute approximate surface area is 202 Å². The Morgan fingerprint density at radius 2 is 1.97 bits per heavy atom. The van der Waals surface area contributed by atoms with E-state index >= 15 is 0 Å². The van der Waals surface area contributed by atoms with Gasteiger partial charge in [-0.15, -0.1) is 0 Å². The van der Waals surface area contributed by atoms with E-state index in [1.807, 2.05) is 18.2 Å². The summed E-state index contributed by atoms with van der Waals surface area (Å²) >= 11 is 0. The normalized spacial score (nSPS) is 16.6. The molecule has 2 N–H and O–H groups in total. The number of aromatic nitrogens is 1. The highest BCUT2D eigenvalue weighted by atomic mass is 19.1. The minimum Gasteiger partial charge on any atom is -0.465 e. The van der Waals surface area contributed by atoms with Crippen LogP contribution in [0.3, 0.4) is 0 Å². The number of halogens is 1. The van der Waals surface area contributed by atoms with Crippen LogP contribution in [0, 0.1) is 16.8 Å². The van der Waals surface area contributed by atoms with Crippen molar-refractivity contribution in [1.29, 1.82) is 10.9 Å². The van der Waals surface area contributed by atoms with Gasteiger partial charge in [0.1, 0.15) is 23.8 Å². The van der Waals surface area contributed by atoms with Crippen molar-refractivity contribution in [2.24, 2.45) is 5.22 Å². The molecule has 1 aromatic heterocycles. The summed E-state index contributed by atoms with van der Waals surface area (Å²) in [6.45, 7) is 2.59. The molecule has 35 heavy (non-hydrogen) atoms. The summed E-state index contributed by atoms with van der Waals surface area (Å²) in [6, 6.07) is 9.97. The first-order valence-electron chi connectivity index (χ1n) is 11.7. The van der Waals surface area contributed by atoms with Crippen LogP contribution in [0.25, 0.3) is 22.2 Å². The maximum Gasteiger partial charge on any atom is 0.293 e. The second kappa shape index (κ2) is 11.2. The summed E-state index contributed by atoms with van der Waals surface area (Å²) in [5, 5.41) is 11.4. The molecule has 2 aromatic carbocycles. The summed E-state index contributed by atoms with van der Waals surface area (Å²) in [7, 11) is 2.12. The summed E-state index contributed by atoms with van der Waals surface area (Å²) < 4.78 is 25.2. The number of likely N-dealkylation sites (tertiary alicyclic amines) is 1. The zero-order valence-electron chi connectivity index (χ0n) is 19.6. The van der Waals surface area contributed by atoms with Gasteiger partial charge in [-0.25, -0.2) is 14.4 Å². The third-order valence-electron chi connectivity index (χ3n) is 6.53. The van der Waals surface area contributed by atoms with Crippen molar-refractivity contribution in [3.05, 3.63) is 48.1 Å². The molecule has 9 nitrogen and oxygen atoms in total. The van der Waals surface area contributed by atoms with Gasteiger partial charge in [-0.3, -0.25) is 10.2 Å². The average Bonchev–Trinajstić information content (AvgIpc) is 3.27. The smallest absolute Gasteiger partial charge is 0.293 e. The van der Waals surface area contributed by atoms with Crippen LogP contribution in [0.2, 0.25) is 0 Å². The first kappa shape index (κ1) is 24.5. The van der Waals surface area contributed by atoms with Gasteiger partial charge in [0.15, 0.2) is 11.5 Å². The van der Waals surface area contributed by atoms with Crippen molar-refractivity contribution in [3.8, 4) is 11.1 Å². The zero-order chi connectivity index (χ0) is 24.8. The number of ether oxygens (including phenoxy) is 1. The van der Waals surface area contributed by atoms with Crippen LogP contribution in [0.5, 0.6) is 0 Å². The predicted molar refractivity (Wildman–Crippen MR) is 130 cm³/mol. The number of rotatable bonds is 7. The molecule has 1 aliphatic heterocycles. The van der Waals surface area contributed by atoms with Crippen LogP contribution in [0.4, 0.5) is 10.1 Å². The minimum atomic E-state index is -0.452.